The topological polar surface area (TPSA) is 34.0 Å². The van der Waals surface area contributed by atoms with E-state index in [1.807, 2.05) is 18.5 Å². The first kappa shape index (κ1) is 15.2. The third kappa shape index (κ3) is 3.74. The fourth-order valence-corrected chi connectivity index (χ4v) is 3.30. The first-order valence-corrected chi connectivity index (χ1v) is 8.35. The monoisotopic (exact) mass is 298 g/mol. The Bertz CT molecular complexity index is 568. The molecule has 0 atom stereocenters. The van der Waals surface area contributed by atoms with Gasteiger partial charge in [-0.15, -0.1) is 0 Å². The summed E-state index contributed by atoms with van der Waals surface area (Å²) in [4.78, 5) is 11.4. The Balaban J connectivity index is 1.50. The number of hydrogen-bond donors (Lipinski definition) is 0. The van der Waals surface area contributed by atoms with Crippen molar-refractivity contribution in [1.29, 1.82) is 0 Å². The molecule has 0 aromatic carbocycles. The lowest BCUT2D eigenvalue weighted by Gasteiger charge is -2.32. The van der Waals surface area contributed by atoms with Gasteiger partial charge < -0.3 is 4.57 Å². The smallest absolute Gasteiger partial charge is 0.111 e. The second-order valence-corrected chi connectivity index (χ2v) is 6.63. The van der Waals surface area contributed by atoms with Gasteiger partial charge in [0, 0.05) is 37.6 Å². The maximum absolute atomic E-state index is 4.50. The second-order valence-electron chi connectivity index (χ2n) is 6.63. The van der Waals surface area contributed by atoms with Crippen molar-refractivity contribution in [3.63, 3.8) is 0 Å². The zero-order valence-electron chi connectivity index (χ0n) is 13.7. The SMILES string of the molecule is CC(C)c1nccn1CC1CCN(Cc2ccccn2)CC1. The third-order valence-electron chi connectivity index (χ3n) is 4.54. The van der Waals surface area contributed by atoms with Gasteiger partial charge in [-0.25, -0.2) is 4.98 Å². The molecule has 0 bridgehead atoms. The van der Waals surface area contributed by atoms with E-state index < -0.39 is 0 Å². The summed E-state index contributed by atoms with van der Waals surface area (Å²) in [6.45, 7) is 8.88. The predicted molar refractivity (Wildman–Crippen MR) is 88.6 cm³/mol. The summed E-state index contributed by atoms with van der Waals surface area (Å²) in [6, 6.07) is 6.17. The summed E-state index contributed by atoms with van der Waals surface area (Å²) in [7, 11) is 0. The van der Waals surface area contributed by atoms with Crippen LogP contribution in [0.1, 0.15) is 44.1 Å². The zero-order valence-corrected chi connectivity index (χ0v) is 13.7. The van der Waals surface area contributed by atoms with Crippen LogP contribution in [0.5, 0.6) is 0 Å². The number of piperidine rings is 1. The molecule has 0 spiro atoms. The van der Waals surface area contributed by atoms with E-state index >= 15 is 0 Å². The molecule has 0 unspecified atom stereocenters. The molecule has 3 rings (SSSR count). The van der Waals surface area contributed by atoms with E-state index in [1.165, 1.54) is 37.4 Å². The van der Waals surface area contributed by atoms with Crippen LogP contribution in [-0.4, -0.2) is 32.5 Å². The van der Waals surface area contributed by atoms with Crippen LogP contribution >= 0.6 is 0 Å². The summed E-state index contributed by atoms with van der Waals surface area (Å²) in [5.74, 6) is 2.49. The maximum Gasteiger partial charge on any atom is 0.111 e. The van der Waals surface area contributed by atoms with Crippen molar-refractivity contribution < 1.29 is 0 Å². The molecule has 1 fully saturated rings. The van der Waals surface area contributed by atoms with Gasteiger partial charge in [-0.1, -0.05) is 19.9 Å². The number of hydrogen-bond acceptors (Lipinski definition) is 3. The van der Waals surface area contributed by atoms with Crippen LogP contribution < -0.4 is 0 Å². The molecule has 0 N–H and O–H groups in total. The van der Waals surface area contributed by atoms with Crippen molar-refractivity contribution in [2.75, 3.05) is 13.1 Å². The molecule has 0 saturated carbocycles. The number of nitrogens with zero attached hydrogens (tertiary/aromatic N) is 4. The van der Waals surface area contributed by atoms with Gasteiger partial charge in [0.15, 0.2) is 0 Å². The molecule has 0 aliphatic carbocycles. The molecule has 1 aliphatic rings. The molecule has 22 heavy (non-hydrogen) atoms. The van der Waals surface area contributed by atoms with Gasteiger partial charge in [0.25, 0.3) is 0 Å². The molecule has 1 saturated heterocycles. The van der Waals surface area contributed by atoms with Crippen molar-refractivity contribution in [1.82, 2.24) is 19.4 Å². The maximum atomic E-state index is 4.50. The number of aromatic nitrogens is 3. The number of likely N-dealkylation sites (tertiary alicyclic amines) is 1. The number of imidazole rings is 1. The van der Waals surface area contributed by atoms with E-state index in [4.69, 9.17) is 0 Å². The highest BCUT2D eigenvalue weighted by molar-refractivity contribution is 5.03. The molecule has 0 amide bonds. The molecule has 2 aromatic heterocycles. The van der Waals surface area contributed by atoms with Gasteiger partial charge in [0.2, 0.25) is 0 Å². The van der Waals surface area contributed by atoms with Crippen LogP contribution in [0.3, 0.4) is 0 Å². The van der Waals surface area contributed by atoms with Crippen molar-refractivity contribution in [3.05, 3.63) is 48.3 Å². The highest BCUT2D eigenvalue weighted by Gasteiger charge is 2.21. The molecule has 1 aliphatic heterocycles. The molecule has 2 aromatic rings. The van der Waals surface area contributed by atoms with E-state index in [9.17, 15) is 0 Å². The Morgan fingerprint density at radius 1 is 1.14 bits per heavy atom. The van der Waals surface area contributed by atoms with Crippen molar-refractivity contribution in [3.8, 4) is 0 Å². The quantitative estimate of drug-likeness (QED) is 0.849. The predicted octanol–water partition coefficient (Wildman–Crippen LogP) is 3.31. The Kier molecular flexibility index (Phi) is 4.88. The van der Waals surface area contributed by atoms with Crippen LogP contribution in [0.2, 0.25) is 0 Å². The summed E-state index contributed by atoms with van der Waals surface area (Å²) < 4.78 is 2.35. The van der Waals surface area contributed by atoms with E-state index in [2.05, 4.69) is 51.6 Å². The minimum Gasteiger partial charge on any atom is -0.334 e. The highest BCUT2D eigenvalue weighted by atomic mass is 15.1. The van der Waals surface area contributed by atoms with E-state index in [0.717, 1.165) is 19.0 Å². The molecule has 0 radical (unpaired) electrons. The van der Waals surface area contributed by atoms with Gasteiger partial charge in [-0.2, -0.15) is 0 Å². The van der Waals surface area contributed by atoms with E-state index in [-0.39, 0.29) is 0 Å². The van der Waals surface area contributed by atoms with Crippen molar-refractivity contribution in [2.45, 2.75) is 45.7 Å². The molecule has 3 heterocycles. The molecular formula is C18H26N4. The minimum absolute atomic E-state index is 0.499. The van der Waals surface area contributed by atoms with Crippen molar-refractivity contribution >= 4 is 0 Å². The Morgan fingerprint density at radius 2 is 1.95 bits per heavy atom. The lowest BCUT2D eigenvalue weighted by atomic mass is 9.96. The Morgan fingerprint density at radius 3 is 2.64 bits per heavy atom. The number of pyridine rings is 1. The van der Waals surface area contributed by atoms with Crippen LogP contribution in [0, 0.1) is 5.92 Å². The largest absolute Gasteiger partial charge is 0.334 e. The van der Waals surface area contributed by atoms with Gasteiger partial charge in [0.05, 0.1) is 5.69 Å². The van der Waals surface area contributed by atoms with Gasteiger partial charge in [-0.3, -0.25) is 9.88 Å². The Labute approximate surface area is 133 Å². The lowest BCUT2D eigenvalue weighted by molar-refractivity contribution is 0.165. The second kappa shape index (κ2) is 7.05. The van der Waals surface area contributed by atoms with Crippen molar-refractivity contribution in [2.24, 2.45) is 5.92 Å². The van der Waals surface area contributed by atoms with Crippen LogP contribution in [0.4, 0.5) is 0 Å². The van der Waals surface area contributed by atoms with Crippen LogP contribution in [0.25, 0.3) is 0 Å². The van der Waals surface area contributed by atoms with E-state index in [1.54, 1.807) is 0 Å². The molecule has 118 valence electrons. The average Bonchev–Trinajstić information content (AvgIpc) is 2.99. The zero-order chi connectivity index (χ0) is 15.4. The molecule has 4 nitrogen and oxygen atoms in total. The minimum atomic E-state index is 0.499. The Hall–Kier alpha value is -1.68. The highest BCUT2D eigenvalue weighted by Crippen LogP contribution is 2.22. The van der Waals surface area contributed by atoms with Crippen LogP contribution in [-0.2, 0) is 13.1 Å². The van der Waals surface area contributed by atoms with Crippen LogP contribution in [0.15, 0.2) is 36.8 Å². The fraction of sp³-hybridized carbons (Fsp3) is 0.556. The van der Waals surface area contributed by atoms with E-state index in [0.29, 0.717) is 5.92 Å². The summed E-state index contributed by atoms with van der Waals surface area (Å²) in [6.07, 6.45) is 8.49. The summed E-state index contributed by atoms with van der Waals surface area (Å²) in [5, 5.41) is 0. The first-order chi connectivity index (χ1) is 10.7. The normalized spacial score (nSPS) is 17.2. The van der Waals surface area contributed by atoms with Gasteiger partial charge >= 0.3 is 0 Å². The fourth-order valence-electron chi connectivity index (χ4n) is 3.30. The average molecular weight is 298 g/mol. The summed E-state index contributed by atoms with van der Waals surface area (Å²) in [5.41, 5.74) is 1.18. The van der Waals surface area contributed by atoms with Gasteiger partial charge in [-0.05, 0) is 44.0 Å². The molecule has 4 heteroatoms. The third-order valence-corrected chi connectivity index (χ3v) is 4.54. The first-order valence-electron chi connectivity index (χ1n) is 8.35. The lowest BCUT2D eigenvalue weighted by Crippen LogP contribution is -2.34. The molecular weight excluding hydrogens is 272 g/mol. The standard InChI is InChI=1S/C18H26N4/c1-15(2)18-20-9-12-22(18)13-16-6-10-21(11-7-16)14-17-5-3-4-8-19-17/h3-5,8-9,12,15-16H,6-7,10-11,13-14H2,1-2H3. The number of rotatable bonds is 5. The summed E-state index contributed by atoms with van der Waals surface area (Å²) >= 11 is 0. The van der Waals surface area contributed by atoms with Gasteiger partial charge in [0.1, 0.15) is 5.82 Å².